The van der Waals surface area contributed by atoms with Crippen LogP contribution in [0.15, 0.2) is 47.1 Å². The SMILES string of the molecule is O=C(N[C@H]1CCN(Cc2ccccc2)C1)c1cc(Br)c[nH]1. The largest absolute Gasteiger partial charge is 0.356 e. The lowest BCUT2D eigenvalue weighted by Gasteiger charge is -2.16. The molecule has 2 heterocycles. The second kappa shape index (κ2) is 6.45. The van der Waals surface area contributed by atoms with Gasteiger partial charge in [-0.1, -0.05) is 30.3 Å². The lowest BCUT2D eigenvalue weighted by molar-refractivity contribution is 0.0933. The van der Waals surface area contributed by atoms with Crippen LogP contribution in [0.3, 0.4) is 0 Å². The summed E-state index contributed by atoms with van der Waals surface area (Å²) in [5, 5.41) is 3.09. The molecular formula is C16H18BrN3O. The first kappa shape index (κ1) is 14.4. The van der Waals surface area contributed by atoms with Gasteiger partial charge in [0.25, 0.3) is 5.91 Å². The number of aromatic amines is 1. The third kappa shape index (κ3) is 3.74. The highest BCUT2D eigenvalue weighted by Crippen LogP contribution is 2.15. The van der Waals surface area contributed by atoms with Gasteiger partial charge in [0.1, 0.15) is 5.69 Å². The van der Waals surface area contributed by atoms with Crippen molar-refractivity contribution in [1.82, 2.24) is 15.2 Å². The van der Waals surface area contributed by atoms with E-state index in [1.54, 1.807) is 12.3 Å². The molecule has 21 heavy (non-hydrogen) atoms. The Labute approximate surface area is 132 Å². The number of amides is 1. The van der Waals surface area contributed by atoms with Crippen molar-refractivity contribution >= 4 is 21.8 Å². The molecule has 110 valence electrons. The highest BCUT2D eigenvalue weighted by molar-refractivity contribution is 9.10. The van der Waals surface area contributed by atoms with Crippen LogP contribution in [0.5, 0.6) is 0 Å². The maximum atomic E-state index is 12.1. The molecular weight excluding hydrogens is 330 g/mol. The van der Waals surface area contributed by atoms with Crippen molar-refractivity contribution in [1.29, 1.82) is 0 Å². The van der Waals surface area contributed by atoms with E-state index in [1.807, 2.05) is 6.07 Å². The zero-order chi connectivity index (χ0) is 14.7. The molecule has 1 saturated heterocycles. The highest BCUT2D eigenvalue weighted by Gasteiger charge is 2.24. The van der Waals surface area contributed by atoms with Gasteiger partial charge in [-0.15, -0.1) is 0 Å². The average molecular weight is 348 g/mol. The molecule has 0 unspecified atom stereocenters. The van der Waals surface area contributed by atoms with Gasteiger partial charge in [-0.25, -0.2) is 0 Å². The Morgan fingerprint density at radius 3 is 2.90 bits per heavy atom. The number of likely N-dealkylation sites (tertiary alicyclic amines) is 1. The Hall–Kier alpha value is -1.59. The van der Waals surface area contributed by atoms with Crippen LogP contribution in [-0.4, -0.2) is 34.9 Å². The number of rotatable bonds is 4. The summed E-state index contributed by atoms with van der Waals surface area (Å²) in [7, 11) is 0. The summed E-state index contributed by atoms with van der Waals surface area (Å²) in [6, 6.07) is 12.5. The number of aromatic nitrogens is 1. The van der Waals surface area contributed by atoms with Crippen molar-refractivity contribution in [3.63, 3.8) is 0 Å². The number of H-pyrrole nitrogens is 1. The minimum Gasteiger partial charge on any atom is -0.356 e. The Morgan fingerprint density at radius 2 is 2.19 bits per heavy atom. The fraction of sp³-hybridized carbons (Fsp3) is 0.312. The monoisotopic (exact) mass is 347 g/mol. The van der Waals surface area contributed by atoms with E-state index in [9.17, 15) is 4.79 Å². The molecule has 0 spiro atoms. The quantitative estimate of drug-likeness (QED) is 0.893. The van der Waals surface area contributed by atoms with Gasteiger partial charge in [0.05, 0.1) is 0 Å². The first-order chi connectivity index (χ1) is 10.2. The minimum atomic E-state index is -0.0349. The third-order valence-electron chi connectivity index (χ3n) is 3.75. The van der Waals surface area contributed by atoms with Gasteiger partial charge in [0.15, 0.2) is 0 Å². The molecule has 0 radical (unpaired) electrons. The number of halogens is 1. The average Bonchev–Trinajstić information content (AvgIpc) is 3.09. The van der Waals surface area contributed by atoms with Crippen LogP contribution in [0.4, 0.5) is 0 Å². The van der Waals surface area contributed by atoms with Crippen molar-refractivity contribution in [2.75, 3.05) is 13.1 Å². The first-order valence-corrected chi connectivity index (χ1v) is 7.91. The van der Waals surface area contributed by atoms with Gasteiger partial charge in [-0.05, 0) is 34.0 Å². The molecule has 1 atom stereocenters. The van der Waals surface area contributed by atoms with Gasteiger partial charge in [-0.3, -0.25) is 9.69 Å². The van der Waals surface area contributed by atoms with Gasteiger partial charge in [0, 0.05) is 36.3 Å². The van der Waals surface area contributed by atoms with E-state index in [0.29, 0.717) is 5.69 Å². The Bertz CT molecular complexity index is 611. The standard InChI is InChI=1S/C16H18BrN3O/c17-13-8-15(18-9-13)16(21)19-14-6-7-20(11-14)10-12-4-2-1-3-5-12/h1-5,8-9,14,18H,6-7,10-11H2,(H,19,21)/t14-/m0/s1. The topological polar surface area (TPSA) is 48.1 Å². The molecule has 3 rings (SSSR count). The number of hydrogen-bond donors (Lipinski definition) is 2. The number of carbonyl (C=O) groups is 1. The zero-order valence-electron chi connectivity index (χ0n) is 11.7. The van der Waals surface area contributed by atoms with Crippen LogP contribution in [0.2, 0.25) is 0 Å². The number of nitrogens with one attached hydrogen (secondary N) is 2. The fourth-order valence-corrected chi connectivity index (χ4v) is 3.04. The van der Waals surface area contributed by atoms with Gasteiger partial charge < -0.3 is 10.3 Å². The lowest BCUT2D eigenvalue weighted by atomic mass is 10.2. The summed E-state index contributed by atoms with van der Waals surface area (Å²) in [5.74, 6) is -0.0349. The molecule has 1 aromatic carbocycles. The molecule has 1 fully saturated rings. The highest BCUT2D eigenvalue weighted by atomic mass is 79.9. The summed E-state index contributed by atoms with van der Waals surface area (Å²) < 4.78 is 0.893. The fourth-order valence-electron chi connectivity index (χ4n) is 2.70. The predicted octanol–water partition coefficient (Wildman–Crippen LogP) is 2.78. The number of carbonyl (C=O) groups excluding carboxylic acids is 1. The van der Waals surface area contributed by atoms with E-state index < -0.39 is 0 Å². The normalized spacial score (nSPS) is 18.8. The van der Waals surface area contributed by atoms with E-state index >= 15 is 0 Å². The minimum absolute atomic E-state index is 0.0349. The van der Waals surface area contributed by atoms with Crippen molar-refractivity contribution in [2.45, 2.75) is 19.0 Å². The second-order valence-corrected chi connectivity index (χ2v) is 6.33. The van der Waals surface area contributed by atoms with Crippen LogP contribution in [-0.2, 0) is 6.54 Å². The Morgan fingerprint density at radius 1 is 1.38 bits per heavy atom. The van der Waals surface area contributed by atoms with Crippen LogP contribution < -0.4 is 5.32 Å². The van der Waals surface area contributed by atoms with E-state index in [-0.39, 0.29) is 11.9 Å². The number of benzene rings is 1. The molecule has 0 bridgehead atoms. The molecule has 2 N–H and O–H groups in total. The van der Waals surface area contributed by atoms with Gasteiger partial charge in [0.2, 0.25) is 0 Å². The smallest absolute Gasteiger partial charge is 0.267 e. The van der Waals surface area contributed by atoms with Crippen molar-refractivity contribution < 1.29 is 4.79 Å². The third-order valence-corrected chi connectivity index (χ3v) is 4.21. The van der Waals surface area contributed by atoms with Crippen LogP contribution in [0, 0.1) is 0 Å². The van der Waals surface area contributed by atoms with E-state index in [4.69, 9.17) is 0 Å². The van der Waals surface area contributed by atoms with Crippen molar-refractivity contribution in [3.05, 3.63) is 58.3 Å². The van der Waals surface area contributed by atoms with Crippen LogP contribution in [0.1, 0.15) is 22.5 Å². The van der Waals surface area contributed by atoms with E-state index in [0.717, 1.165) is 30.5 Å². The lowest BCUT2D eigenvalue weighted by Crippen LogP contribution is -2.37. The number of nitrogens with zero attached hydrogens (tertiary/aromatic N) is 1. The van der Waals surface area contributed by atoms with Crippen LogP contribution in [0.25, 0.3) is 0 Å². The van der Waals surface area contributed by atoms with Crippen LogP contribution >= 0.6 is 15.9 Å². The molecule has 1 aliphatic rings. The summed E-state index contributed by atoms with van der Waals surface area (Å²) in [5.41, 5.74) is 1.92. The molecule has 0 aliphatic carbocycles. The van der Waals surface area contributed by atoms with Crippen molar-refractivity contribution in [3.8, 4) is 0 Å². The Kier molecular flexibility index (Phi) is 4.41. The molecule has 4 nitrogen and oxygen atoms in total. The molecule has 0 saturated carbocycles. The number of hydrogen-bond acceptors (Lipinski definition) is 2. The summed E-state index contributed by atoms with van der Waals surface area (Å²) in [6.07, 6.45) is 2.77. The second-order valence-electron chi connectivity index (χ2n) is 5.41. The van der Waals surface area contributed by atoms with E-state index in [2.05, 4.69) is 55.4 Å². The predicted molar refractivity (Wildman–Crippen MR) is 86.1 cm³/mol. The summed E-state index contributed by atoms with van der Waals surface area (Å²) in [6.45, 7) is 2.87. The van der Waals surface area contributed by atoms with Gasteiger partial charge >= 0.3 is 0 Å². The van der Waals surface area contributed by atoms with E-state index in [1.165, 1.54) is 5.56 Å². The first-order valence-electron chi connectivity index (χ1n) is 7.12. The molecule has 1 aromatic heterocycles. The van der Waals surface area contributed by atoms with Gasteiger partial charge in [-0.2, -0.15) is 0 Å². The molecule has 1 aliphatic heterocycles. The Balaban J connectivity index is 1.52. The summed E-state index contributed by atoms with van der Waals surface area (Å²) in [4.78, 5) is 17.4. The molecule has 1 amide bonds. The zero-order valence-corrected chi connectivity index (χ0v) is 13.3. The summed E-state index contributed by atoms with van der Waals surface area (Å²) >= 11 is 3.34. The van der Waals surface area contributed by atoms with Crippen molar-refractivity contribution in [2.24, 2.45) is 0 Å². The maximum absolute atomic E-state index is 12.1. The molecule has 5 heteroatoms. The maximum Gasteiger partial charge on any atom is 0.267 e. The molecule has 2 aromatic rings.